The van der Waals surface area contributed by atoms with Gasteiger partial charge in [0.05, 0.1) is 84.4 Å². The second kappa shape index (κ2) is 38.8. The molecule has 570 valence electrons. The molecule has 7 aromatic carbocycles. The number of aldehydes is 1. The molecule has 25 nitrogen and oxygen atoms in total. The molecular weight excluding hydrogens is 1640 g/mol. The minimum atomic E-state index is -1.82. The van der Waals surface area contributed by atoms with Gasteiger partial charge in [-0.1, -0.05) is 97.7 Å². The van der Waals surface area contributed by atoms with Crippen molar-refractivity contribution in [2.45, 2.75) is 119 Å². The van der Waals surface area contributed by atoms with Crippen LogP contribution in [0.25, 0.3) is 0 Å². The molecule has 0 bridgehead atoms. The van der Waals surface area contributed by atoms with Gasteiger partial charge in [-0.2, -0.15) is 36.4 Å². The number of nitrogens with one attached hydrogen (secondary N) is 2. The van der Waals surface area contributed by atoms with Gasteiger partial charge >= 0.3 is 35.0 Å². The number of aliphatic hydroxyl groups is 1. The number of hydrogen-bond donors (Lipinski definition) is 3. The van der Waals surface area contributed by atoms with Crippen molar-refractivity contribution in [1.29, 1.82) is 0 Å². The van der Waals surface area contributed by atoms with E-state index in [1.165, 1.54) is 92.7 Å². The summed E-state index contributed by atoms with van der Waals surface area (Å²) in [6.45, 7) is 2.58. The van der Waals surface area contributed by atoms with E-state index >= 15 is 8.78 Å². The number of nitrogens with zero attached hydrogens (tertiary/aromatic N) is 6. The molecule has 5 fully saturated rings. The molecule has 2 aliphatic carbocycles. The Morgan fingerprint density at radius 1 is 0.657 bits per heavy atom. The van der Waals surface area contributed by atoms with Gasteiger partial charge in [-0.25, -0.2) is 18.4 Å². The van der Waals surface area contributed by atoms with Crippen molar-refractivity contribution < 1.29 is 84.2 Å². The maximum Gasteiger partial charge on any atom is 2.00 e. The maximum atomic E-state index is 15.9. The van der Waals surface area contributed by atoms with Gasteiger partial charge in [0.15, 0.2) is 0 Å². The number of likely N-dealkylation sites (tertiary alicyclic amines) is 2. The van der Waals surface area contributed by atoms with Crippen LogP contribution in [0.2, 0.25) is 20.1 Å². The number of nitro benzene ring substituents is 2. The molecule has 9 atom stereocenters. The second-order valence-corrected chi connectivity index (χ2v) is 28.3. The third-order valence-electron chi connectivity index (χ3n) is 19.3. The predicted octanol–water partition coefficient (Wildman–Crippen LogP) is 12.2. The summed E-state index contributed by atoms with van der Waals surface area (Å²) in [5.74, 6) is -6.60. The van der Waals surface area contributed by atoms with Crippen molar-refractivity contribution >= 4 is 145 Å². The van der Waals surface area contributed by atoms with Gasteiger partial charge < -0.3 is 47.2 Å². The summed E-state index contributed by atoms with van der Waals surface area (Å²) >= 11 is 26.5. The molecule has 5 aliphatic heterocycles. The molecule has 3 saturated heterocycles. The van der Waals surface area contributed by atoms with Crippen molar-refractivity contribution in [3.63, 3.8) is 0 Å². The summed E-state index contributed by atoms with van der Waals surface area (Å²) in [6, 6.07) is 32.8. The van der Waals surface area contributed by atoms with E-state index in [2.05, 4.69) is 26.2 Å². The fourth-order valence-electron chi connectivity index (χ4n) is 14.5. The minimum Gasteiger partial charge on any atom is -1.00 e. The standard InChI is InChI=1S/C31H27Cl2FN4O8.C23H20Cl2FN3O4.C8H6INO4.C6H5.C4H8O.2CH4.ClH.Mg/c1-46-29(40)16-7-9-18(23(11-16)37(42)43)25(39)13-24-28(38(44)45)26(19-3-2-4-21(33)27(19)34)31(36(24)14-15-5-6-15)20-10-8-17(32)12-22(20)35-30(31)41;24-13-6-7-15-17(10-13)27-22(31)23(15)19(14-2-1-3-16(25)20(14)26)21(29(32)33)18(8-9-30)28(23)11-12-4-5-12;1-14-8(11)5-2-3-6(9)7(4-5)10(12)13;1-2-4-6-5-3-1;1-2-4-5-3-1;;;;/h2-4,7-12,15,24-26,28,39H,5-6,13-14H2,1H3,(H,35,41);1-3,6-7,9-10,12,18-19,21H,4-5,8,11H2,(H,27,31);2-4H,1H3;1-5H;1-4H2;2*1H4;1H;/q;;;-1;;;;;+2/p-1/t24-,25?,26-,28?,31+;18-,19-,21?,23+;;;;;;;/m00......./s1. The number of rotatable bonds is 17. The van der Waals surface area contributed by atoms with E-state index in [1.807, 2.05) is 52.9 Å². The Labute approximate surface area is 676 Å². The Morgan fingerprint density at radius 3 is 1.47 bits per heavy atom. The second-order valence-electron chi connectivity index (χ2n) is 25.4. The third kappa shape index (κ3) is 18.5. The zero-order valence-corrected chi connectivity index (χ0v) is 63.8. The Hall–Kier alpha value is -7.66. The molecule has 3 unspecified atom stereocenters. The van der Waals surface area contributed by atoms with Gasteiger partial charge in [-0.05, 0) is 140 Å². The Kier molecular flexibility index (Phi) is 32.1. The number of anilines is 2. The predicted molar refractivity (Wildman–Crippen MR) is 406 cm³/mol. The molecule has 2 amide bonds. The molecule has 3 N–H and O–H groups in total. The van der Waals surface area contributed by atoms with Crippen LogP contribution in [0.1, 0.15) is 133 Å². The summed E-state index contributed by atoms with van der Waals surface area (Å²) in [6.07, 6.45) is 4.36. The molecule has 5 heterocycles. The number of aliphatic hydroxyl groups excluding tert-OH is 1. The molecule has 2 spiro atoms. The molecule has 7 aliphatic rings. The SMILES string of the molecule is C.C.C1CCOC1.COC(=O)c1ccc(C(O)C[C@H]2C([N+](=O)[O-])[C@H](c3cccc(Cl)c3F)[C@]3(C(=O)Nc4cc(Cl)ccc43)N2CC2CC2)c([N+](=O)[O-])c1.COC(=O)c1ccc(I)c([N+](=O)[O-])c1.O=CC[C@H]1C([N+](=O)[O-])[C@H](c2cccc(Cl)c2F)[C@]2(C(=O)Nc3cc(Cl)ccc32)N1CC1CC1.[Cl-].[Mg+2].[c-]1ccccc1. The fourth-order valence-corrected chi connectivity index (χ4v) is 15.7. The number of esters is 2. The molecule has 34 heteroatoms. The Bertz CT molecular complexity index is 4450. The van der Waals surface area contributed by atoms with E-state index in [9.17, 15) is 69.5 Å². The number of hydrogen-bond acceptors (Lipinski definition) is 19. The van der Waals surface area contributed by atoms with E-state index in [-0.39, 0.29) is 119 Å². The topological polar surface area (TPSA) is 336 Å². The third-order valence-corrected chi connectivity index (χ3v) is 21.2. The van der Waals surface area contributed by atoms with Crippen molar-refractivity contribution in [3.05, 3.63) is 260 Å². The van der Waals surface area contributed by atoms with Crippen molar-refractivity contribution in [1.82, 2.24) is 9.80 Å². The van der Waals surface area contributed by atoms with Gasteiger partial charge in [0, 0.05) is 98.4 Å². The van der Waals surface area contributed by atoms with E-state index < -0.39 is 120 Å². The van der Waals surface area contributed by atoms with Crippen LogP contribution in [0.3, 0.4) is 0 Å². The van der Waals surface area contributed by atoms with Gasteiger partial charge in [0.1, 0.15) is 29.0 Å². The molecule has 0 aromatic heterocycles. The van der Waals surface area contributed by atoms with E-state index in [1.54, 1.807) is 40.1 Å². The number of halogens is 8. The molecule has 14 rings (SSSR count). The van der Waals surface area contributed by atoms with Gasteiger partial charge in [0.25, 0.3) is 23.2 Å². The van der Waals surface area contributed by atoms with Crippen molar-refractivity contribution in [2.75, 3.05) is 51.2 Å². The summed E-state index contributed by atoms with van der Waals surface area (Å²) in [4.78, 5) is 112. The monoisotopic (exact) mass is 1710 g/mol. The zero-order chi connectivity index (χ0) is 75.1. The van der Waals surface area contributed by atoms with Gasteiger partial charge in [-0.3, -0.25) is 59.8 Å². The minimum absolute atomic E-state index is 0. The number of amides is 2. The van der Waals surface area contributed by atoms with Gasteiger partial charge in [-0.15, -0.1) is 0 Å². The Balaban J connectivity index is 0.000000254. The van der Waals surface area contributed by atoms with Crippen LogP contribution in [0.15, 0.2) is 140 Å². The van der Waals surface area contributed by atoms with E-state index in [4.69, 9.17) is 51.1 Å². The van der Waals surface area contributed by atoms with Crippen LogP contribution in [0.4, 0.5) is 31.5 Å². The summed E-state index contributed by atoms with van der Waals surface area (Å²) in [5, 5.41) is 65.6. The zero-order valence-electron chi connectivity index (χ0n) is 56.4. The number of fused-ring (bicyclic) bond motifs is 4. The van der Waals surface area contributed by atoms with Crippen LogP contribution in [0.5, 0.6) is 0 Å². The normalized spacial score (nSPS) is 22.0. The average molecular weight is 1710 g/mol. The summed E-state index contributed by atoms with van der Waals surface area (Å²) in [7, 11) is 2.34. The van der Waals surface area contributed by atoms with Crippen LogP contribution in [-0.2, 0) is 39.7 Å². The quantitative estimate of drug-likeness (QED) is 0.0145. The summed E-state index contributed by atoms with van der Waals surface area (Å²) < 4.78 is 45.9. The van der Waals surface area contributed by atoms with Crippen LogP contribution in [-0.4, -0.2) is 152 Å². The number of benzene rings is 7. The number of methoxy groups -OCH3 is 2. The first kappa shape index (κ1) is 89.2. The number of carbonyl (C=O) groups excluding carboxylic acids is 5. The average Bonchev–Trinajstić information content (AvgIpc) is 1.52. The first-order valence-electron chi connectivity index (χ1n) is 32.7. The molecule has 0 radical (unpaired) electrons. The van der Waals surface area contributed by atoms with Crippen molar-refractivity contribution in [2.24, 2.45) is 11.8 Å². The van der Waals surface area contributed by atoms with Gasteiger partial charge in [0.2, 0.25) is 12.1 Å². The largest absolute Gasteiger partial charge is 2.00 e. The van der Waals surface area contributed by atoms with E-state index in [0.717, 1.165) is 52.1 Å². The Morgan fingerprint density at radius 2 is 1.09 bits per heavy atom. The number of ether oxygens (including phenoxy) is 3. The van der Waals surface area contributed by atoms with Crippen molar-refractivity contribution in [3.8, 4) is 0 Å². The fraction of sp³-hybridized carbons (Fsp3) is 0.365. The van der Waals surface area contributed by atoms with Crippen LogP contribution >= 0.6 is 69.0 Å². The van der Waals surface area contributed by atoms with Crippen LogP contribution in [0, 0.1) is 73.6 Å². The number of carbonyl (C=O) groups is 5. The van der Waals surface area contributed by atoms with E-state index in [0.29, 0.717) is 48.9 Å². The number of nitro groups is 4. The molecule has 108 heavy (non-hydrogen) atoms. The first-order valence-corrected chi connectivity index (χ1v) is 35.3. The molecule has 7 aromatic rings. The summed E-state index contributed by atoms with van der Waals surface area (Å²) in [5.41, 5.74) is -2.83. The molecule has 2 saturated carbocycles. The first-order chi connectivity index (χ1) is 49.7. The molecular formula is C74H74Cl5F2IMgN8O17. The van der Waals surface area contributed by atoms with Crippen LogP contribution < -0.4 is 23.0 Å². The smallest absolute Gasteiger partial charge is 1.00 e. The maximum absolute atomic E-state index is 15.9.